The fraction of sp³-hybridized carbons (Fsp3) is 0.348. The number of hydrogen-bond donors (Lipinski definition) is 3. The lowest BCUT2D eigenvalue weighted by Gasteiger charge is -2.11. The van der Waals surface area contributed by atoms with Crippen molar-refractivity contribution in [1.29, 1.82) is 0 Å². The Hall–Kier alpha value is -3.35. The minimum absolute atomic E-state index is 0.0415. The molecule has 7 nitrogen and oxygen atoms in total. The molecule has 0 aliphatic carbocycles. The third-order valence-electron chi connectivity index (χ3n) is 4.36. The summed E-state index contributed by atoms with van der Waals surface area (Å²) in [5.41, 5.74) is 2.95. The van der Waals surface area contributed by atoms with E-state index in [2.05, 4.69) is 16.0 Å². The van der Waals surface area contributed by atoms with Gasteiger partial charge in [-0.1, -0.05) is 18.2 Å². The minimum Gasteiger partial charge on any atom is -0.376 e. The molecule has 160 valence electrons. The second-order valence-electron chi connectivity index (χ2n) is 7.60. The first-order chi connectivity index (χ1) is 14.2. The van der Waals surface area contributed by atoms with Crippen molar-refractivity contribution in [3.05, 3.63) is 59.7 Å². The maximum atomic E-state index is 12.2. The van der Waals surface area contributed by atoms with Crippen molar-refractivity contribution in [1.82, 2.24) is 10.2 Å². The van der Waals surface area contributed by atoms with E-state index in [4.69, 9.17) is 0 Å². The summed E-state index contributed by atoms with van der Waals surface area (Å²) in [5.74, 6) is -0.289. The molecule has 3 amide bonds. The zero-order valence-electron chi connectivity index (χ0n) is 18.0. The number of nitrogens with one attached hydrogen (secondary N) is 3. The Kier molecular flexibility index (Phi) is 8.41. The highest BCUT2D eigenvalue weighted by molar-refractivity contribution is 5.98. The van der Waals surface area contributed by atoms with Crippen LogP contribution in [0.2, 0.25) is 0 Å². The van der Waals surface area contributed by atoms with Gasteiger partial charge in [-0.05, 0) is 56.2 Å². The highest BCUT2D eigenvalue weighted by atomic mass is 16.2. The summed E-state index contributed by atoms with van der Waals surface area (Å²) in [5, 5.41) is 8.69. The van der Waals surface area contributed by atoms with Crippen molar-refractivity contribution in [2.45, 2.75) is 32.7 Å². The van der Waals surface area contributed by atoms with Crippen molar-refractivity contribution in [3.8, 4) is 0 Å². The van der Waals surface area contributed by atoms with E-state index in [1.807, 2.05) is 38.1 Å². The van der Waals surface area contributed by atoms with Gasteiger partial charge in [-0.3, -0.25) is 14.4 Å². The maximum absolute atomic E-state index is 12.2. The van der Waals surface area contributed by atoms with E-state index < -0.39 is 0 Å². The van der Waals surface area contributed by atoms with Crippen molar-refractivity contribution >= 4 is 29.1 Å². The lowest BCUT2D eigenvalue weighted by Crippen LogP contribution is -2.30. The number of carbonyl (C=O) groups is 3. The van der Waals surface area contributed by atoms with Gasteiger partial charge in [0.1, 0.15) is 0 Å². The van der Waals surface area contributed by atoms with E-state index >= 15 is 0 Å². The molecular weight excluding hydrogens is 380 g/mol. The molecule has 0 saturated carbocycles. The van der Waals surface area contributed by atoms with Gasteiger partial charge in [0.2, 0.25) is 11.8 Å². The summed E-state index contributed by atoms with van der Waals surface area (Å²) in [4.78, 5) is 37.6. The number of hydrogen-bond acceptors (Lipinski definition) is 4. The van der Waals surface area contributed by atoms with Crippen molar-refractivity contribution in [2.75, 3.05) is 31.3 Å². The molecule has 2 aromatic carbocycles. The van der Waals surface area contributed by atoms with Crippen LogP contribution in [0.3, 0.4) is 0 Å². The number of amides is 3. The van der Waals surface area contributed by atoms with Gasteiger partial charge in [0, 0.05) is 43.5 Å². The quantitative estimate of drug-likeness (QED) is 0.593. The molecule has 0 aliphatic heterocycles. The Morgan fingerprint density at radius 1 is 0.967 bits per heavy atom. The Labute approximate surface area is 177 Å². The zero-order valence-corrected chi connectivity index (χ0v) is 18.0. The summed E-state index contributed by atoms with van der Waals surface area (Å²) < 4.78 is 0. The fourth-order valence-electron chi connectivity index (χ4n) is 2.74. The molecule has 2 rings (SSSR count). The van der Waals surface area contributed by atoms with E-state index in [-0.39, 0.29) is 30.3 Å². The average Bonchev–Trinajstić information content (AvgIpc) is 2.70. The van der Waals surface area contributed by atoms with Gasteiger partial charge in [-0.25, -0.2) is 0 Å². The summed E-state index contributed by atoms with van der Waals surface area (Å²) in [7, 11) is 3.49. The van der Waals surface area contributed by atoms with Crippen LogP contribution in [0.25, 0.3) is 0 Å². The monoisotopic (exact) mass is 410 g/mol. The van der Waals surface area contributed by atoms with Crippen LogP contribution in [0.15, 0.2) is 48.5 Å². The van der Waals surface area contributed by atoms with Crippen LogP contribution in [-0.4, -0.2) is 49.3 Å². The summed E-state index contributed by atoms with van der Waals surface area (Å²) >= 11 is 0. The largest absolute Gasteiger partial charge is 0.376 e. The number of anilines is 2. The molecule has 2 aromatic rings. The first-order valence-corrected chi connectivity index (χ1v) is 9.98. The lowest BCUT2D eigenvalue weighted by molar-refractivity contribution is -0.128. The van der Waals surface area contributed by atoms with Crippen LogP contribution in [0.5, 0.6) is 0 Å². The van der Waals surface area contributed by atoms with Crippen LogP contribution in [0, 0.1) is 0 Å². The van der Waals surface area contributed by atoms with Crippen molar-refractivity contribution < 1.29 is 14.4 Å². The molecule has 0 atom stereocenters. The van der Waals surface area contributed by atoms with Crippen LogP contribution in [-0.2, 0) is 16.0 Å². The van der Waals surface area contributed by atoms with Crippen molar-refractivity contribution in [3.63, 3.8) is 0 Å². The first kappa shape index (κ1) is 22.9. The SMILES string of the molecule is CC(C)NC(=O)c1cccc(NC(=O)CNc2ccc(CCC(=O)N(C)C)cc2)c1. The lowest BCUT2D eigenvalue weighted by atomic mass is 10.1. The van der Waals surface area contributed by atoms with Gasteiger partial charge in [-0.15, -0.1) is 0 Å². The predicted octanol–water partition coefficient (Wildman–Crippen LogP) is 2.90. The second-order valence-corrected chi connectivity index (χ2v) is 7.60. The second kappa shape index (κ2) is 11.0. The summed E-state index contributed by atoms with van der Waals surface area (Å²) in [6.45, 7) is 3.89. The molecule has 30 heavy (non-hydrogen) atoms. The number of carbonyl (C=O) groups excluding carboxylic acids is 3. The Bertz CT molecular complexity index is 876. The Balaban J connectivity index is 1.83. The molecule has 0 saturated heterocycles. The summed E-state index contributed by atoms with van der Waals surface area (Å²) in [6, 6.07) is 14.5. The standard InChI is InChI=1S/C23H30N4O3/c1-16(2)25-23(30)18-6-5-7-20(14-18)26-21(28)15-24-19-11-8-17(9-12-19)10-13-22(29)27(3)4/h5-9,11-12,14,16,24H,10,13,15H2,1-4H3,(H,25,30)(H,26,28). The third kappa shape index (κ3) is 7.58. The Morgan fingerprint density at radius 3 is 2.30 bits per heavy atom. The molecule has 0 aromatic heterocycles. The van der Waals surface area contributed by atoms with Crippen LogP contribution in [0.4, 0.5) is 11.4 Å². The van der Waals surface area contributed by atoms with E-state index in [1.165, 1.54) is 0 Å². The molecular formula is C23H30N4O3. The van der Waals surface area contributed by atoms with Gasteiger partial charge in [-0.2, -0.15) is 0 Å². The average molecular weight is 411 g/mol. The van der Waals surface area contributed by atoms with E-state index in [0.717, 1.165) is 11.3 Å². The highest BCUT2D eigenvalue weighted by Crippen LogP contribution is 2.13. The number of rotatable bonds is 9. The molecule has 0 radical (unpaired) electrons. The van der Waals surface area contributed by atoms with Gasteiger partial charge in [0.15, 0.2) is 0 Å². The van der Waals surface area contributed by atoms with Crippen LogP contribution in [0.1, 0.15) is 36.2 Å². The predicted molar refractivity (Wildman–Crippen MR) is 120 cm³/mol. The molecule has 3 N–H and O–H groups in total. The molecule has 7 heteroatoms. The van der Waals surface area contributed by atoms with Crippen LogP contribution < -0.4 is 16.0 Å². The van der Waals surface area contributed by atoms with E-state index in [1.54, 1.807) is 43.3 Å². The molecule has 0 fully saturated rings. The fourth-order valence-corrected chi connectivity index (χ4v) is 2.74. The van der Waals surface area contributed by atoms with Gasteiger partial charge >= 0.3 is 0 Å². The molecule has 0 aliphatic rings. The minimum atomic E-state index is -0.211. The van der Waals surface area contributed by atoms with E-state index in [0.29, 0.717) is 24.1 Å². The van der Waals surface area contributed by atoms with Crippen LogP contribution >= 0.6 is 0 Å². The topological polar surface area (TPSA) is 90.5 Å². The number of benzene rings is 2. The van der Waals surface area contributed by atoms with E-state index in [9.17, 15) is 14.4 Å². The third-order valence-corrected chi connectivity index (χ3v) is 4.36. The summed E-state index contributed by atoms with van der Waals surface area (Å²) in [6.07, 6.45) is 1.15. The molecule has 0 heterocycles. The van der Waals surface area contributed by atoms with Gasteiger partial charge in [0.05, 0.1) is 6.54 Å². The Morgan fingerprint density at radius 2 is 1.67 bits per heavy atom. The van der Waals surface area contributed by atoms with Crippen molar-refractivity contribution in [2.24, 2.45) is 0 Å². The maximum Gasteiger partial charge on any atom is 0.251 e. The number of aryl methyl sites for hydroxylation is 1. The molecule has 0 bridgehead atoms. The highest BCUT2D eigenvalue weighted by Gasteiger charge is 2.09. The number of nitrogens with zero attached hydrogens (tertiary/aromatic N) is 1. The smallest absolute Gasteiger partial charge is 0.251 e. The first-order valence-electron chi connectivity index (χ1n) is 9.98. The van der Waals surface area contributed by atoms with Gasteiger partial charge in [0.25, 0.3) is 5.91 Å². The zero-order chi connectivity index (χ0) is 22.1. The molecule has 0 spiro atoms. The van der Waals surface area contributed by atoms with Gasteiger partial charge < -0.3 is 20.9 Å². The normalized spacial score (nSPS) is 10.4. The molecule has 0 unspecified atom stereocenters.